The van der Waals surface area contributed by atoms with Crippen LogP contribution in [0.1, 0.15) is 18.6 Å². The summed E-state index contributed by atoms with van der Waals surface area (Å²) in [7, 11) is 0.814. The third-order valence-corrected chi connectivity index (χ3v) is 7.65. The first-order valence-electron chi connectivity index (χ1n) is 11.8. The number of ether oxygens (including phenoxy) is 2. The molecule has 43 heavy (non-hydrogen) atoms. The molecule has 0 aliphatic rings. The van der Waals surface area contributed by atoms with E-state index in [1.165, 1.54) is 50.6 Å². The van der Waals surface area contributed by atoms with Gasteiger partial charge in [-0.3, -0.25) is 9.68 Å². The van der Waals surface area contributed by atoms with Crippen LogP contribution in [0.25, 0.3) is 0 Å². The van der Waals surface area contributed by atoms with Crippen LogP contribution < -0.4 is 20.3 Å². The number of halogens is 2. The van der Waals surface area contributed by atoms with Crippen LogP contribution >= 0.6 is 23.1 Å². The second kappa shape index (κ2) is 20.7. The van der Waals surface area contributed by atoms with Crippen molar-refractivity contribution in [1.29, 1.82) is 0 Å². The summed E-state index contributed by atoms with van der Waals surface area (Å²) in [5, 5.41) is 0. The minimum absolute atomic E-state index is 0. The number of rotatable bonds is 10. The van der Waals surface area contributed by atoms with Crippen molar-refractivity contribution in [2.75, 3.05) is 14.2 Å². The predicted octanol–water partition coefficient (Wildman–Crippen LogP) is 5.86. The first-order valence-corrected chi connectivity index (χ1v) is 15.6. The van der Waals surface area contributed by atoms with Crippen molar-refractivity contribution in [3.8, 4) is 11.5 Å². The van der Waals surface area contributed by atoms with Crippen LogP contribution in [0, 0.1) is 0 Å². The highest BCUT2D eigenvalue weighted by Crippen LogP contribution is 2.18. The van der Waals surface area contributed by atoms with Crippen LogP contribution in [0.5, 0.6) is 11.5 Å². The summed E-state index contributed by atoms with van der Waals surface area (Å²) >= 11 is 0. The number of benzene rings is 4. The van der Waals surface area contributed by atoms with E-state index in [1.807, 2.05) is 60.7 Å². The molecule has 0 unspecified atom stereocenters. The van der Waals surface area contributed by atoms with Gasteiger partial charge in [0, 0.05) is 10.7 Å². The van der Waals surface area contributed by atoms with Gasteiger partial charge in [-0.2, -0.15) is 0 Å². The highest BCUT2D eigenvalue weighted by molar-refractivity contribution is 8.13. The van der Waals surface area contributed by atoms with Crippen molar-refractivity contribution < 1.29 is 36.0 Å². The van der Waals surface area contributed by atoms with Gasteiger partial charge in [0.1, 0.15) is 11.5 Å². The third kappa shape index (κ3) is 15.2. The number of nitrogens with two attached hydrogens (primary N) is 1. The zero-order chi connectivity index (χ0) is 30.1. The van der Waals surface area contributed by atoms with Crippen molar-refractivity contribution in [3.05, 3.63) is 120 Å². The Morgan fingerprint density at radius 3 is 1.42 bits per heavy atom. The number of methoxy groups -OCH3 is 2. The van der Waals surface area contributed by atoms with Crippen LogP contribution in [0.3, 0.4) is 0 Å². The molecule has 0 amide bonds. The zero-order valence-electron chi connectivity index (χ0n) is 22.8. The topological polar surface area (TPSA) is 143 Å². The van der Waals surface area contributed by atoms with E-state index in [4.69, 9.17) is 30.9 Å². The molecule has 0 aliphatic heterocycles. The van der Waals surface area contributed by atoms with E-state index in [0.717, 1.165) is 11.1 Å². The molecular formula is C29H36Cl2N2O8S2. The van der Waals surface area contributed by atoms with E-state index in [9.17, 15) is 16.8 Å². The Labute approximate surface area is 264 Å². The normalized spacial score (nSPS) is 10.3. The van der Waals surface area contributed by atoms with E-state index in [0.29, 0.717) is 18.1 Å². The summed E-state index contributed by atoms with van der Waals surface area (Å²) in [5.74, 6) is 6.05. The lowest BCUT2D eigenvalue weighted by Gasteiger charge is -2.08. The molecule has 0 aromatic heterocycles. The average Bonchev–Trinajstić information content (AvgIpc) is 2.99. The van der Waals surface area contributed by atoms with Gasteiger partial charge in [-0.25, -0.2) is 22.7 Å². The SMILES string of the molecule is C.COc1ccc(S(=O)(=O)Cl)cc1.COc1ccc(S(=O)(=O)NOCc2ccccc2)cc1.Cl.NOCc1ccccc1. The van der Waals surface area contributed by atoms with Crippen molar-refractivity contribution in [1.82, 2.24) is 4.89 Å². The maximum atomic E-state index is 11.9. The van der Waals surface area contributed by atoms with Gasteiger partial charge in [0.05, 0.1) is 37.2 Å². The van der Waals surface area contributed by atoms with Gasteiger partial charge in [0.2, 0.25) is 0 Å². The molecule has 0 spiro atoms. The van der Waals surface area contributed by atoms with Crippen molar-refractivity contribution in [3.63, 3.8) is 0 Å². The molecule has 236 valence electrons. The predicted molar refractivity (Wildman–Crippen MR) is 170 cm³/mol. The van der Waals surface area contributed by atoms with Gasteiger partial charge < -0.3 is 9.47 Å². The third-order valence-electron chi connectivity index (χ3n) is 5.05. The lowest BCUT2D eigenvalue weighted by molar-refractivity contribution is 0.0795. The molecule has 0 saturated carbocycles. The second-order valence-corrected chi connectivity index (χ2v) is 12.2. The van der Waals surface area contributed by atoms with Gasteiger partial charge in [-0.05, 0) is 59.7 Å². The van der Waals surface area contributed by atoms with Gasteiger partial charge in [0.25, 0.3) is 19.1 Å². The first kappa shape index (κ1) is 39.8. The summed E-state index contributed by atoms with van der Waals surface area (Å²) < 4.78 is 55.2. The minimum atomic E-state index is -3.68. The second-order valence-electron chi connectivity index (χ2n) is 7.95. The first-order chi connectivity index (χ1) is 19.6. The number of hydrogen-bond donors (Lipinski definition) is 2. The molecule has 0 fully saturated rings. The largest absolute Gasteiger partial charge is 0.497 e. The highest BCUT2D eigenvalue weighted by Gasteiger charge is 2.14. The van der Waals surface area contributed by atoms with Crippen molar-refractivity contribution in [2.45, 2.75) is 30.4 Å². The van der Waals surface area contributed by atoms with Gasteiger partial charge in [0.15, 0.2) is 0 Å². The lowest BCUT2D eigenvalue weighted by Crippen LogP contribution is -2.23. The van der Waals surface area contributed by atoms with Crippen LogP contribution in [-0.2, 0) is 42.0 Å². The molecule has 0 bridgehead atoms. The minimum Gasteiger partial charge on any atom is -0.497 e. The molecule has 4 aromatic rings. The average molecular weight is 676 g/mol. The molecule has 14 heteroatoms. The maximum Gasteiger partial charge on any atom is 0.262 e. The van der Waals surface area contributed by atoms with E-state index >= 15 is 0 Å². The quantitative estimate of drug-likeness (QED) is 0.156. The molecule has 0 radical (unpaired) electrons. The maximum absolute atomic E-state index is 11.9. The molecule has 0 saturated heterocycles. The van der Waals surface area contributed by atoms with Gasteiger partial charge >= 0.3 is 0 Å². The van der Waals surface area contributed by atoms with E-state index < -0.39 is 19.1 Å². The fraction of sp³-hybridized carbons (Fsp3) is 0.172. The molecule has 10 nitrogen and oxygen atoms in total. The summed E-state index contributed by atoms with van der Waals surface area (Å²) in [4.78, 5) is 11.7. The Balaban J connectivity index is 0.000000657. The number of nitrogens with one attached hydrogen (secondary N) is 1. The van der Waals surface area contributed by atoms with Crippen molar-refractivity contribution >= 4 is 42.2 Å². The fourth-order valence-corrected chi connectivity index (χ4v) is 4.55. The smallest absolute Gasteiger partial charge is 0.262 e. The Morgan fingerprint density at radius 1 is 0.651 bits per heavy atom. The van der Waals surface area contributed by atoms with E-state index in [2.05, 4.69) is 9.72 Å². The fourth-order valence-electron chi connectivity index (χ4n) is 2.98. The van der Waals surface area contributed by atoms with Crippen LogP contribution in [0.15, 0.2) is 119 Å². The number of hydrogen-bond acceptors (Lipinski definition) is 9. The van der Waals surface area contributed by atoms with E-state index in [-0.39, 0.29) is 36.2 Å². The molecule has 3 N–H and O–H groups in total. The zero-order valence-corrected chi connectivity index (χ0v) is 26.0. The lowest BCUT2D eigenvalue weighted by atomic mass is 10.2. The van der Waals surface area contributed by atoms with Crippen molar-refractivity contribution in [2.24, 2.45) is 5.90 Å². The van der Waals surface area contributed by atoms with Crippen LogP contribution in [0.4, 0.5) is 0 Å². The van der Waals surface area contributed by atoms with Crippen LogP contribution in [-0.4, -0.2) is 31.1 Å². The van der Waals surface area contributed by atoms with E-state index in [1.54, 1.807) is 12.1 Å². The molecule has 4 rings (SSSR count). The Hall–Kier alpha value is -3.20. The summed E-state index contributed by atoms with van der Waals surface area (Å²) in [6, 6.07) is 31.0. The Bertz CT molecular complexity index is 1510. The van der Waals surface area contributed by atoms with Gasteiger partial charge in [-0.15, -0.1) is 12.4 Å². The number of sulfonamides is 1. The molecule has 0 atom stereocenters. The molecule has 0 heterocycles. The van der Waals surface area contributed by atoms with Gasteiger partial charge in [-0.1, -0.05) is 73.0 Å². The Kier molecular flexibility index (Phi) is 19.1. The Morgan fingerprint density at radius 2 is 1.05 bits per heavy atom. The molecule has 0 aliphatic carbocycles. The monoisotopic (exact) mass is 674 g/mol. The summed E-state index contributed by atoms with van der Waals surface area (Å²) in [6.45, 7) is 0.650. The summed E-state index contributed by atoms with van der Waals surface area (Å²) in [5.41, 5.74) is 1.98. The molecule has 4 aromatic carbocycles. The highest BCUT2D eigenvalue weighted by atomic mass is 35.7. The molecular weight excluding hydrogens is 639 g/mol. The summed E-state index contributed by atoms with van der Waals surface area (Å²) in [6.07, 6.45) is 0. The van der Waals surface area contributed by atoms with Crippen LogP contribution in [0.2, 0.25) is 0 Å². The standard InChI is InChI=1S/C14H15NO4S.C7H7ClO3S.C7H9NO.CH4.ClH/c1-18-13-7-9-14(10-8-13)20(16,17)15-19-11-12-5-3-2-4-6-12;1-11-6-2-4-7(5-3-6)12(8,9)10;8-9-6-7-4-2-1-3-5-7;;/h2-10,15H,11H2,1H3;2-5H,1H3;1-5H,6,8H2;1H4;1H.